The van der Waals surface area contributed by atoms with Crippen molar-refractivity contribution in [2.75, 3.05) is 5.88 Å². The second-order valence-corrected chi connectivity index (χ2v) is 3.66. The number of rotatable bonds is 3. The van der Waals surface area contributed by atoms with Crippen LogP contribution in [0.2, 0.25) is 0 Å². The predicted molar refractivity (Wildman–Crippen MR) is 58.4 cm³/mol. The van der Waals surface area contributed by atoms with Crippen LogP contribution >= 0.6 is 11.6 Å². The largest absolute Gasteiger partial charge is 0.441 e. The fourth-order valence-corrected chi connectivity index (χ4v) is 1.62. The highest BCUT2D eigenvalue weighted by atomic mass is 35.5. The molecule has 3 nitrogen and oxygen atoms in total. The summed E-state index contributed by atoms with van der Waals surface area (Å²) in [6, 6.07) is 5.25. The second kappa shape index (κ2) is 4.03. The van der Waals surface area contributed by atoms with Crippen molar-refractivity contribution in [2.24, 2.45) is 0 Å². The van der Waals surface area contributed by atoms with E-state index < -0.39 is 0 Å². The highest BCUT2D eigenvalue weighted by Crippen LogP contribution is 2.17. The maximum atomic E-state index is 11.5. The fourth-order valence-electron chi connectivity index (χ4n) is 1.44. The number of ketones is 1. The number of benzene rings is 1. The highest BCUT2D eigenvalue weighted by molar-refractivity contribution is 6.19. The van der Waals surface area contributed by atoms with E-state index in [0.29, 0.717) is 29.3 Å². The maximum Gasteiger partial charge on any atom is 0.192 e. The van der Waals surface area contributed by atoms with Gasteiger partial charge >= 0.3 is 0 Å². The van der Waals surface area contributed by atoms with Gasteiger partial charge in [0, 0.05) is 24.8 Å². The molecule has 0 aliphatic heterocycles. The minimum absolute atomic E-state index is 0.0287. The van der Waals surface area contributed by atoms with Gasteiger partial charge < -0.3 is 4.42 Å². The van der Waals surface area contributed by atoms with Gasteiger partial charge in [0.05, 0.1) is 0 Å². The SMILES string of the molecule is Cc1nc2ccc(C(=O)CCCl)cc2o1. The lowest BCUT2D eigenvalue weighted by molar-refractivity contribution is 0.0989. The van der Waals surface area contributed by atoms with Crippen LogP contribution in [-0.4, -0.2) is 16.6 Å². The lowest BCUT2D eigenvalue weighted by atomic mass is 10.1. The summed E-state index contributed by atoms with van der Waals surface area (Å²) in [7, 11) is 0. The summed E-state index contributed by atoms with van der Waals surface area (Å²) in [4.78, 5) is 15.7. The first kappa shape index (κ1) is 10.2. The van der Waals surface area contributed by atoms with Crippen molar-refractivity contribution in [2.45, 2.75) is 13.3 Å². The Labute approximate surface area is 92.1 Å². The third-order valence-electron chi connectivity index (χ3n) is 2.14. The first-order valence-electron chi connectivity index (χ1n) is 4.67. The van der Waals surface area contributed by atoms with Gasteiger partial charge in [0.25, 0.3) is 0 Å². The smallest absolute Gasteiger partial charge is 0.192 e. The monoisotopic (exact) mass is 223 g/mol. The second-order valence-electron chi connectivity index (χ2n) is 3.28. The molecule has 2 rings (SSSR count). The number of Topliss-reactive ketones (excluding diaryl/α,β-unsaturated/α-hetero) is 1. The van der Waals surface area contributed by atoms with Gasteiger partial charge in [0.1, 0.15) is 5.52 Å². The molecule has 1 aromatic heterocycles. The Kier molecular flexibility index (Phi) is 2.73. The van der Waals surface area contributed by atoms with E-state index in [4.69, 9.17) is 16.0 Å². The molecular weight excluding hydrogens is 214 g/mol. The Bertz CT molecular complexity index is 504. The van der Waals surface area contributed by atoms with E-state index >= 15 is 0 Å². The Hall–Kier alpha value is -1.35. The quantitative estimate of drug-likeness (QED) is 0.594. The van der Waals surface area contributed by atoms with Crippen molar-refractivity contribution in [1.29, 1.82) is 0 Å². The molecule has 0 bridgehead atoms. The molecule has 0 atom stereocenters. The molecule has 78 valence electrons. The molecule has 1 heterocycles. The summed E-state index contributed by atoms with van der Waals surface area (Å²) in [6.45, 7) is 1.78. The van der Waals surface area contributed by atoms with E-state index in [0.717, 1.165) is 5.52 Å². The van der Waals surface area contributed by atoms with Crippen LogP contribution in [0.1, 0.15) is 22.7 Å². The van der Waals surface area contributed by atoms with Gasteiger partial charge in [-0.25, -0.2) is 4.98 Å². The Morgan fingerprint density at radius 2 is 2.33 bits per heavy atom. The van der Waals surface area contributed by atoms with Crippen LogP contribution in [0.15, 0.2) is 22.6 Å². The van der Waals surface area contributed by atoms with E-state index in [2.05, 4.69) is 4.98 Å². The molecule has 0 saturated heterocycles. The number of aromatic nitrogens is 1. The third kappa shape index (κ3) is 2.02. The summed E-state index contributed by atoms with van der Waals surface area (Å²) < 4.78 is 5.34. The first-order valence-corrected chi connectivity index (χ1v) is 5.20. The van der Waals surface area contributed by atoms with E-state index in [1.54, 1.807) is 25.1 Å². The summed E-state index contributed by atoms with van der Waals surface area (Å²) in [5.41, 5.74) is 2.04. The third-order valence-corrected chi connectivity index (χ3v) is 2.33. The van der Waals surface area contributed by atoms with Gasteiger partial charge in [0.15, 0.2) is 17.3 Å². The maximum absolute atomic E-state index is 11.5. The number of hydrogen-bond donors (Lipinski definition) is 0. The molecule has 0 spiro atoms. The van der Waals surface area contributed by atoms with Crippen molar-refractivity contribution in [1.82, 2.24) is 4.98 Å². The van der Waals surface area contributed by atoms with Crippen LogP contribution < -0.4 is 0 Å². The summed E-state index contributed by atoms with van der Waals surface area (Å²) in [5.74, 6) is 0.972. The number of alkyl halides is 1. The topological polar surface area (TPSA) is 43.1 Å². The van der Waals surface area contributed by atoms with Gasteiger partial charge in [0.2, 0.25) is 0 Å². The number of carbonyl (C=O) groups is 1. The molecule has 0 aliphatic carbocycles. The number of oxazole rings is 1. The minimum Gasteiger partial charge on any atom is -0.441 e. The van der Waals surface area contributed by atoms with Gasteiger partial charge in [-0.1, -0.05) is 0 Å². The zero-order valence-corrected chi connectivity index (χ0v) is 9.04. The van der Waals surface area contributed by atoms with Crippen molar-refractivity contribution < 1.29 is 9.21 Å². The summed E-state index contributed by atoms with van der Waals surface area (Å²) in [5, 5.41) is 0. The minimum atomic E-state index is 0.0287. The van der Waals surface area contributed by atoms with Crippen molar-refractivity contribution >= 4 is 28.5 Å². The average molecular weight is 224 g/mol. The molecule has 2 aromatic rings. The number of carbonyl (C=O) groups excluding carboxylic acids is 1. The zero-order valence-electron chi connectivity index (χ0n) is 8.29. The van der Waals surface area contributed by atoms with E-state index in [1.807, 2.05) is 0 Å². The fraction of sp³-hybridized carbons (Fsp3) is 0.273. The van der Waals surface area contributed by atoms with Gasteiger partial charge in [-0.05, 0) is 18.2 Å². The normalized spacial score (nSPS) is 10.8. The summed E-state index contributed by atoms with van der Waals surface area (Å²) in [6.07, 6.45) is 0.347. The molecule has 4 heteroatoms. The van der Waals surface area contributed by atoms with Crippen LogP contribution in [-0.2, 0) is 0 Å². The van der Waals surface area contributed by atoms with E-state index in [9.17, 15) is 4.79 Å². The highest BCUT2D eigenvalue weighted by Gasteiger charge is 2.08. The van der Waals surface area contributed by atoms with E-state index in [-0.39, 0.29) is 5.78 Å². The van der Waals surface area contributed by atoms with Crippen molar-refractivity contribution in [3.63, 3.8) is 0 Å². The van der Waals surface area contributed by atoms with Gasteiger partial charge in [-0.15, -0.1) is 11.6 Å². The Balaban J connectivity index is 2.41. The molecule has 0 aliphatic rings. The molecule has 0 unspecified atom stereocenters. The summed E-state index contributed by atoms with van der Waals surface area (Å²) >= 11 is 5.51. The molecule has 0 fully saturated rings. The van der Waals surface area contributed by atoms with Crippen molar-refractivity contribution in [3.05, 3.63) is 29.7 Å². The molecule has 0 N–H and O–H groups in total. The van der Waals surface area contributed by atoms with Crippen LogP contribution in [0.4, 0.5) is 0 Å². The van der Waals surface area contributed by atoms with Crippen LogP contribution in [0.3, 0.4) is 0 Å². The molecule has 0 saturated carbocycles. The predicted octanol–water partition coefficient (Wildman–Crippen LogP) is 2.95. The standard InChI is InChI=1S/C11H10ClNO2/c1-7-13-9-3-2-8(6-11(9)15-7)10(14)4-5-12/h2-3,6H,4-5H2,1H3. The van der Waals surface area contributed by atoms with Crippen LogP contribution in [0, 0.1) is 6.92 Å². The molecule has 15 heavy (non-hydrogen) atoms. The van der Waals surface area contributed by atoms with Crippen LogP contribution in [0.25, 0.3) is 11.1 Å². The first-order chi connectivity index (χ1) is 7.20. The molecule has 1 aromatic carbocycles. The molecule has 0 radical (unpaired) electrons. The molecule has 0 amide bonds. The average Bonchev–Trinajstić information content (AvgIpc) is 2.57. The number of halogens is 1. The lowest BCUT2D eigenvalue weighted by Gasteiger charge is -1.96. The Morgan fingerprint density at radius 1 is 1.53 bits per heavy atom. The zero-order chi connectivity index (χ0) is 10.8. The number of fused-ring (bicyclic) bond motifs is 1. The lowest BCUT2D eigenvalue weighted by Crippen LogP contribution is -1.98. The molecular formula is C11H10ClNO2. The number of aryl methyl sites for hydroxylation is 1. The number of nitrogens with zero attached hydrogens (tertiary/aromatic N) is 1. The Morgan fingerprint density at radius 3 is 3.07 bits per heavy atom. The van der Waals surface area contributed by atoms with Gasteiger partial charge in [-0.2, -0.15) is 0 Å². The van der Waals surface area contributed by atoms with Crippen molar-refractivity contribution in [3.8, 4) is 0 Å². The number of hydrogen-bond acceptors (Lipinski definition) is 3. The van der Waals surface area contributed by atoms with E-state index in [1.165, 1.54) is 0 Å². The van der Waals surface area contributed by atoms with Gasteiger partial charge in [-0.3, -0.25) is 4.79 Å². The van der Waals surface area contributed by atoms with Crippen LogP contribution in [0.5, 0.6) is 0 Å².